The summed E-state index contributed by atoms with van der Waals surface area (Å²) in [6, 6.07) is -0.384. The average molecular weight is 334 g/mol. The predicted molar refractivity (Wildman–Crippen MR) is 82.4 cm³/mol. The second-order valence-electron chi connectivity index (χ2n) is 6.82. The molecule has 0 aromatic carbocycles. The van der Waals surface area contributed by atoms with Crippen molar-refractivity contribution in [1.82, 2.24) is 13.9 Å². The van der Waals surface area contributed by atoms with E-state index < -0.39 is 27.9 Å². The molecule has 22 heavy (non-hydrogen) atoms. The van der Waals surface area contributed by atoms with Crippen LogP contribution in [-0.4, -0.2) is 67.6 Å². The van der Waals surface area contributed by atoms with Crippen molar-refractivity contribution in [3.63, 3.8) is 0 Å². The molecule has 1 aliphatic heterocycles. The summed E-state index contributed by atoms with van der Waals surface area (Å²) >= 11 is 0. The van der Waals surface area contributed by atoms with Crippen LogP contribution in [-0.2, 0) is 14.9 Å². The van der Waals surface area contributed by atoms with E-state index in [0.29, 0.717) is 6.54 Å². The number of nitrogens with two attached hydrogens (primary N) is 1. The fourth-order valence-electron chi connectivity index (χ4n) is 2.32. The van der Waals surface area contributed by atoms with E-state index in [1.165, 1.54) is 9.21 Å². The second-order valence-corrected chi connectivity index (χ2v) is 8.48. The average Bonchev–Trinajstić information content (AvgIpc) is 3.19. The summed E-state index contributed by atoms with van der Waals surface area (Å²) in [4.78, 5) is 13.6. The summed E-state index contributed by atoms with van der Waals surface area (Å²) in [5.74, 6) is 0. The van der Waals surface area contributed by atoms with Gasteiger partial charge in [0.25, 0.3) is 10.2 Å². The van der Waals surface area contributed by atoms with E-state index in [-0.39, 0.29) is 25.7 Å². The number of amides is 1. The van der Waals surface area contributed by atoms with Gasteiger partial charge in [0, 0.05) is 32.2 Å². The molecule has 1 aliphatic carbocycles. The molecule has 0 aromatic rings. The summed E-state index contributed by atoms with van der Waals surface area (Å²) in [6.07, 6.45) is 1.33. The zero-order chi connectivity index (χ0) is 16.5. The first-order valence-corrected chi connectivity index (χ1v) is 9.03. The van der Waals surface area contributed by atoms with E-state index in [9.17, 15) is 13.2 Å². The smallest absolute Gasteiger partial charge is 0.410 e. The van der Waals surface area contributed by atoms with Gasteiger partial charge in [0.15, 0.2) is 0 Å². The van der Waals surface area contributed by atoms with Gasteiger partial charge in [0.05, 0.1) is 6.04 Å². The van der Waals surface area contributed by atoms with Gasteiger partial charge in [-0.2, -0.15) is 17.4 Å². The highest BCUT2D eigenvalue weighted by atomic mass is 32.2. The number of hydrogen-bond acceptors (Lipinski definition) is 5. The van der Waals surface area contributed by atoms with E-state index in [0.717, 1.165) is 12.8 Å². The van der Waals surface area contributed by atoms with Crippen molar-refractivity contribution in [1.29, 1.82) is 0 Å². The molecule has 1 heterocycles. The third-order valence-electron chi connectivity index (χ3n) is 3.55. The maximum Gasteiger partial charge on any atom is 0.410 e. The molecule has 2 fully saturated rings. The summed E-state index contributed by atoms with van der Waals surface area (Å²) in [6.45, 7) is 6.32. The van der Waals surface area contributed by atoms with E-state index in [2.05, 4.69) is 4.72 Å². The Morgan fingerprint density at radius 2 is 1.95 bits per heavy atom. The topological polar surface area (TPSA) is 105 Å². The van der Waals surface area contributed by atoms with Crippen molar-refractivity contribution in [3.8, 4) is 0 Å². The molecule has 1 unspecified atom stereocenters. The highest BCUT2D eigenvalue weighted by molar-refractivity contribution is 7.87. The zero-order valence-electron chi connectivity index (χ0n) is 13.4. The van der Waals surface area contributed by atoms with E-state index in [1.807, 2.05) is 0 Å². The summed E-state index contributed by atoms with van der Waals surface area (Å²) in [5, 5.41) is 0. The summed E-state index contributed by atoms with van der Waals surface area (Å²) in [5.41, 5.74) is 5.14. The molecule has 1 amide bonds. The highest BCUT2D eigenvalue weighted by Gasteiger charge is 2.39. The predicted octanol–water partition coefficient (Wildman–Crippen LogP) is -0.137. The Labute approximate surface area is 132 Å². The maximum absolute atomic E-state index is 12.3. The Morgan fingerprint density at radius 1 is 1.32 bits per heavy atom. The minimum Gasteiger partial charge on any atom is -0.444 e. The molecule has 1 atom stereocenters. The van der Waals surface area contributed by atoms with Crippen molar-refractivity contribution < 1.29 is 17.9 Å². The Bertz CT molecular complexity index is 513. The number of piperazine rings is 1. The SMILES string of the molecule is CC(C)(C)OC(=O)N1CCN(S(=O)(=O)NC2CC2)C(CN)C1. The molecule has 1 saturated carbocycles. The fourth-order valence-corrected chi connectivity index (χ4v) is 3.98. The Kier molecular flexibility index (Phi) is 5.00. The van der Waals surface area contributed by atoms with Crippen LogP contribution in [0.15, 0.2) is 0 Å². The fraction of sp³-hybridized carbons (Fsp3) is 0.923. The van der Waals surface area contributed by atoms with Crippen molar-refractivity contribution in [2.75, 3.05) is 26.2 Å². The first-order chi connectivity index (χ1) is 10.1. The van der Waals surface area contributed by atoms with Gasteiger partial charge in [0.2, 0.25) is 0 Å². The first kappa shape index (κ1) is 17.5. The molecule has 2 aliphatic rings. The lowest BCUT2D eigenvalue weighted by atomic mass is 10.2. The number of nitrogens with one attached hydrogen (secondary N) is 1. The van der Waals surface area contributed by atoms with Gasteiger partial charge in [-0.05, 0) is 33.6 Å². The minimum atomic E-state index is -3.54. The second kappa shape index (κ2) is 6.31. The van der Waals surface area contributed by atoms with Gasteiger partial charge in [-0.15, -0.1) is 0 Å². The Morgan fingerprint density at radius 3 is 2.45 bits per heavy atom. The van der Waals surface area contributed by atoms with E-state index >= 15 is 0 Å². The van der Waals surface area contributed by atoms with Gasteiger partial charge in [-0.1, -0.05) is 0 Å². The van der Waals surface area contributed by atoms with Crippen LogP contribution in [0.3, 0.4) is 0 Å². The zero-order valence-corrected chi connectivity index (χ0v) is 14.2. The van der Waals surface area contributed by atoms with Crippen LogP contribution in [0.4, 0.5) is 4.79 Å². The number of carbonyl (C=O) groups is 1. The summed E-state index contributed by atoms with van der Waals surface area (Å²) in [7, 11) is -3.54. The molecule has 0 bridgehead atoms. The van der Waals surface area contributed by atoms with Crippen molar-refractivity contribution >= 4 is 16.3 Å². The van der Waals surface area contributed by atoms with Gasteiger partial charge in [-0.3, -0.25) is 0 Å². The van der Waals surface area contributed by atoms with Gasteiger partial charge in [0.1, 0.15) is 5.60 Å². The van der Waals surface area contributed by atoms with E-state index in [4.69, 9.17) is 10.5 Å². The van der Waals surface area contributed by atoms with Crippen molar-refractivity contribution in [2.45, 2.75) is 51.3 Å². The van der Waals surface area contributed by atoms with Crippen molar-refractivity contribution in [2.24, 2.45) is 5.73 Å². The van der Waals surface area contributed by atoms with Gasteiger partial charge < -0.3 is 15.4 Å². The number of ether oxygens (including phenoxy) is 1. The lowest BCUT2D eigenvalue weighted by molar-refractivity contribution is 0.0137. The van der Waals surface area contributed by atoms with Crippen LogP contribution in [0.1, 0.15) is 33.6 Å². The number of hydrogen-bond donors (Lipinski definition) is 2. The van der Waals surface area contributed by atoms with E-state index in [1.54, 1.807) is 20.8 Å². The molecule has 0 spiro atoms. The first-order valence-electron chi connectivity index (χ1n) is 7.59. The third kappa shape index (κ3) is 4.55. The number of carbonyl (C=O) groups excluding carboxylic acids is 1. The normalized spacial score (nSPS) is 24.4. The van der Waals surface area contributed by atoms with Crippen LogP contribution < -0.4 is 10.5 Å². The van der Waals surface area contributed by atoms with Crippen LogP contribution in [0.5, 0.6) is 0 Å². The van der Waals surface area contributed by atoms with Crippen LogP contribution in [0.2, 0.25) is 0 Å². The molecule has 8 nitrogen and oxygen atoms in total. The molecule has 3 N–H and O–H groups in total. The summed E-state index contributed by atoms with van der Waals surface area (Å²) < 4.78 is 34.0. The number of rotatable bonds is 4. The van der Waals surface area contributed by atoms with Crippen LogP contribution >= 0.6 is 0 Å². The largest absolute Gasteiger partial charge is 0.444 e. The van der Waals surface area contributed by atoms with Crippen LogP contribution in [0.25, 0.3) is 0 Å². The van der Waals surface area contributed by atoms with Gasteiger partial charge >= 0.3 is 6.09 Å². The van der Waals surface area contributed by atoms with Gasteiger partial charge in [-0.25, -0.2) is 4.79 Å². The molecule has 2 rings (SSSR count). The standard InChI is InChI=1S/C13H26N4O4S/c1-13(2,3)21-12(18)16-6-7-17(11(8-14)9-16)22(19,20)15-10-4-5-10/h10-11,15H,4-9,14H2,1-3H3. The number of nitrogens with zero attached hydrogens (tertiary/aromatic N) is 2. The lowest BCUT2D eigenvalue weighted by Gasteiger charge is -2.40. The quantitative estimate of drug-likeness (QED) is 0.745. The third-order valence-corrected chi connectivity index (χ3v) is 5.28. The monoisotopic (exact) mass is 334 g/mol. The Hall–Kier alpha value is -0.900. The molecular formula is C13H26N4O4S. The Balaban J connectivity index is 2.00. The lowest BCUT2D eigenvalue weighted by Crippen LogP contribution is -2.61. The molecular weight excluding hydrogens is 308 g/mol. The molecule has 0 radical (unpaired) electrons. The molecule has 0 aromatic heterocycles. The molecule has 128 valence electrons. The van der Waals surface area contributed by atoms with Crippen LogP contribution in [0, 0.1) is 0 Å². The molecule has 9 heteroatoms. The van der Waals surface area contributed by atoms with Crippen molar-refractivity contribution in [3.05, 3.63) is 0 Å². The highest BCUT2D eigenvalue weighted by Crippen LogP contribution is 2.22. The minimum absolute atomic E-state index is 0.0484. The molecule has 1 saturated heterocycles. The maximum atomic E-state index is 12.3.